The van der Waals surface area contributed by atoms with Crippen molar-refractivity contribution in [1.29, 1.82) is 0 Å². The number of hydrogen-bond acceptors (Lipinski definition) is 1. The Morgan fingerprint density at radius 1 is 1.00 bits per heavy atom. The summed E-state index contributed by atoms with van der Waals surface area (Å²) in [7, 11) is 0. The highest BCUT2D eigenvalue weighted by molar-refractivity contribution is 5.77. The second-order valence-corrected chi connectivity index (χ2v) is 2.41. The van der Waals surface area contributed by atoms with Gasteiger partial charge in [-0.1, -0.05) is 18.2 Å². The smallest absolute Gasteiger partial charge is 0.248 e. The Balaban J connectivity index is 2.94. The van der Waals surface area contributed by atoms with Crippen LogP contribution in [-0.4, -0.2) is 4.98 Å². The molecule has 1 N–H and O–H groups in total. The van der Waals surface area contributed by atoms with Crippen molar-refractivity contribution in [3.05, 3.63) is 46.8 Å². The summed E-state index contributed by atoms with van der Waals surface area (Å²) >= 11 is 0. The van der Waals surface area contributed by atoms with Gasteiger partial charge in [-0.2, -0.15) is 0 Å². The van der Waals surface area contributed by atoms with Gasteiger partial charge in [-0.05, 0) is 17.5 Å². The minimum atomic E-state index is -0.0521. The SMILES string of the molecule is O=c1[13cH]cc2ccccc2[nH]1. The molecular formula is C9H7NO. The van der Waals surface area contributed by atoms with Crippen LogP contribution in [0.5, 0.6) is 0 Å². The van der Waals surface area contributed by atoms with E-state index in [1.807, 2.05) is 30.3 Å². The molecule has 2 nitrogen and oxygen atoms in total. The lowest BCUT2D eigenvalue weighted by molar-refractivity contribution is 1.31. The molecular weight excluding hydrogens is 139 g/mol. The van der Waals surface area contributed by atoms with Crippen LogP contribution in [-0.2, 0) is 0 Å². The monoisotopic (exact) mass is 146 g/mol. The number of fused-ring (bicyclic) bond motifs is 1. The third-order valence-electron chi connectivity index (χ3n) is 1.63. The zero-order valence-corrected chi connectivity index (χ0v) is 5.87. The van der Waals surface area contributed by atoms with Crippen LogP contribution >= 0.6 is 0 Å². The van der Waals surface area contributed by atoms with Crippen LogP contribution in [0.2, 0.25) is 0 Å². The first kappa shape index (κ1) is 6.16. The number of H-pyrrole nitrogens is 1. The van der Waals surface area contributed by atoms with E-state index < -0.39 is 0 Å². The van der Waals surface area contributed by atoms with Gasteiger partial charge in [0.25, 0.3) is 0 Å². The van der Waals surface area contributed by atoms with Crippen molar-refractivity contribution in [3.8, 4) is 0 Å². The maximum Gasteiger partial charge on any atom is 0.248 e. The first-order valence-electron chi connectivity index (χ1n) is 3.44. The largest absolute Gasteiger partial charge is 0.322 e. The van der Waals surface area contributed by atoms with Crippen molar-refractivity contribution < 1.29 is 0 Å². The molecule has 11 heavy (non-hydrogen) atoms. The third-order valence-corrected chi connectivity index (χ3v) is 1.63. The summed E-state index contributed by atoms with van der Waals surface area (Å²) in [6.07, 6.45) is 0. The molecule has 0 spiro atoms. The molecule has 0 aliphatic rings. The summed E-state index contributed by atoms with van der Waals surface area (Å²) in [6.45, 7) is 0. The highest BCUT2D eigenvalue weighted by atomic mass is 16.1. The summed E-state index contributed by atoms with van der Waals surface area (Å²) < 4.78 is 0. The zero-order valence-electron chi connectivity index (χ0n) is 5.87. The summed E-state index contributed by atoms with van der Waals surface area (Å²) in [5, 5.41) is 1.06. The molecule has 54 valence electrons. The van der Waals surface area contributed by atoms with Crippen LogP contribution < -0.4 is 5.56 Å². The third kappa shape index (κ3) is 1.03. The van der Waals surface area contributed by atoms with Gasteiger partial charge in [-0.3, -0.25) is 4.79 Å². The van der Waals surface area contributed by atoms with Gasteiger partial charge in [0.05, 0.1) is 0 Å². The van der Waals surface area contributed by atoms with Crippen LogP contribution in [0.3, 0.4) is 0 Å². The number of pyridine rings is 1. The van der Waals surface area contributed by atoms with Crippen molar-refractivity contribution in [1.82, 2.24) is 4.98 Å². The molecule has 2 aromatic rings. The first-order valence-corrected chi connectivity index (χ1v) is 3.44. The number of hydrogen-bond donors (Lipinski definition) is 1. The minimum Gasteiger partial charge on any atom is -0.322 e. The van der Waals surface area contributed by atoms with E-state index in [0.29, 0.717) is 0 Å². The fourth-order valence-electron chi connectivity index (χ4n) is 1.10. The topological polar surface area (TPSA) is 32.9 Å². The predicted octanol–water partition coefficient (Wildman–Crippen LogP) is 1.53. The van der Waals surface area contributed by atoms with Gasteiger partial charge in [-0.15, -0.1) is 0 Å². The number of aromatic nitrogens is 1. The van der Waals surface area contributed by atoms with Crippen LogP contribution in [0, 0.1) is 0 Å². The summed E-state index contributed by atoms with van der Waals surface area (Å²) in [4.78, 5) is 13.6. The van der Waals surface area contributed by atoms with Gasteiger partial charge in [0.15, 0.2) is 0 Å². The average Bonchev–Trinajstić information content (AvgIpc) is 2.04. The van der Waals surface area contributed by atoms with Crippen molar-refractivity contribution in [2.45, 2.75) is 0 Å². The van der Waals surface area contributed by atoms with Gasteiger partial charge >= 0.3 is 0 Å². The van der Waals surface area contributed by atoms with Crippen LogP contribution in [0.1, 0.15) is 0 Å². The van der Waals surface area contributed by atoms with Crippen LogP contribution in [0.25, 0.3) is 10.9 Å². The predicted molar refractivity (Wildman–Crippen MR) is 44.6 cm³/mol. The fraction of sp³-hybridized carbons (Fsp3) is 0. The Hall–Kier alpha value is -1.57. The maximum atomic E-state index is 10.8. The molecule has 0 bridgehead atoms. The van der Waals surface area contributed by atoms with E-state index in [4.69, 9.17) is 0 Å². The second kappa shape index (κ2) is 2.23. The highest BCUT2D eigenvalue weighted by Crippen LogP contribution is 2.06. The molecule has 1 aromatic carbocycles. The lowest BCUT2D eigenvalue weighted by Crippen LogP contribution is -2.01. The molecule has 1 aromatic heterocycles. The molecule has 0 fully saturated rings. The van der Waals surface area contributed by atoms with E-state index >= 15 is 0 Å². The number of nitrogens with one attached hydrogen (secondary N) is 1. The van der Waals surface area contributed by atoms with Gasteiger partial charge in [0.1, 0.15) is 0 Å². The Labute approximate surface area is 63.5 Å². The maximum absolute atomic E-state index is 10.8. The molecule has 0 saturated carbocycles. The normalized spacial score (nSPS) is 10.2. The zero-order chi connectivity index (χ0) is 7.68. The molecule has 1 heterocycles. The quantitative estimate of drug-likeness (QED) is 0.600. The van der Waals surface area contributed by atoms with Gasteiger partial charge in [-0.25, -0.2) is 0 Å². The fourth-order valence-corrected chi connectivity index (χ4v) is 1.10. The molecule has 0 radical (unpaired) electrons. The molecule has 0 unspecified atom stereocenters. The number of para-hydroxylation sites is 1. The molecule has 0 aliphatic carbocycles. The molecule has 2 heteroatoms. The standard InChI is InChI=1S/C9H7NO/c11-9-6-5-7-3-1-2-4-8(7)10-9/h1-6H,(H,10,11)/i6+1. The van der Waals surface area contributed by atoms with Crippen LogP contribution in [0.15, 0.2) is 41.2 Å². The summed E-state index contributed by atoms with van der Waals surface area (Å²) in [5.74, 6) is 0. The summed E-state index contributed by atoms with van der Waals surface area (Å²) in [5.41, 5.74) is 0.837. The Bertz CT molecular complexity index is 431. The molecule has 0 saturated heterocycles. The molecule has 0 atom stereocenters. The first-order chi connectivity index (χ1) is 5.36. The van der Waals surface area contributed by atoms with E-state index in [9.17, 15) is 4.79 Å². The van der Waals surface area contributed by atoms with E-state index in [1.165, 1.54) is 6.07 Å². The Morgan fingerprint density at radius 3 is 2.73 bits per heavy atom. The minimum absolute atomic E-state index is 0.0521. The Kier molecular flexibility index (Phi) is 1.25. The lowest BCUT2D eigenvalue weighted by atomic mass is 10.2. The highest BCUT2D eigenvalue weighted by Gasteiger charge is 1.89. The molecule has 0 aliphatic heterocycles. The van der Waals surface area contributed by atoms with Gasteiger partial charge in [0.2, 0.25) is 5.56 Å². The van der Waals surface area contributed by atoms with E-state index in [1.54, 1.807) is 0 Å². The molecule has 0 amide bonds. The van der Waals surface area contributed by atoms with Crippen molar-refractivity contribution in [2.24, 2.45) is 0 Å². The van der Waals surface area contributed by atoms with Crippen molar-refractivity contribution in [2.75, 3.05) is 0 Å². The van der Waals surface area contributed by atoms with Crippen LogP contribution in [0.4, 0.5) is 0 Å². The average molecular weight is 146 g/mol. The summed E-state index contributed by atoms with van der Waals surface area (Å²) in [6, 6.07) is 11.0. The number of aromatic amines is 1. The van der Waals surface area contributed by atoms with Crippen molar-refractivity contribution >= 4 is 10.9 Å². The number of benzene rings is 1. The molecule has 2 rings (SSSR count). The lowest BCUT2D eigenvalue weighted by Gasteiger charge is -1.93. The second-order valence-electron chi connectivity index (χ2n) is 2.41. The van der Waals surface area contributed by atoms with Gasteiger partial charge in [0, 0.05) is 11.6 Å². The van der Waals surface area contributed by atoms with E-state index in [-0.39, 0.29) is 5.56 Å². The number of rotatable bonds is 0. The van der Waals surface area contributed by atoms with E-state index in [2.05, 4.69) is 4.98 Å². The van der Waals surface area contributed by atoms with E-state index in [0.717, 1.165) is 10.9 Å². The van der Waals surface area contributed by atoms with Gasteiger partial charge < -0.3 is 4.98 Å². The van der Waals surface area contributed by atoms with Crippen molar-refractivity contribution in [3.63, 3.8) is 0 Å². The Morgan fingerprint density at radius 2 is 1.82 bits per heavy atom.